The molecule has 0 bridgehead atoms. The molecule has 2 fully saturated rings. The van der Waals surface area contributed by atoms with Gasteiger partial charge in [-0.25, -0.2) is 0 Å². The van der Waals surface area contributed by atoms with Crippen LogP contribution in [0, 0.1) is 12.3 Å². The van der Waals surface area contributed by atoms with Gasteiger partial charge in [0.2, 0.25) is 0 Å². The zero-order valence-electron chi connectivity index (χ0n) is 18.1. The highest BCUT2D eigenvalue weighted by Crippen LogP contribution is 2.34. The minimum atomic E-state index is -0.102. The van der Waals surface area contributed by atoms with Crippen LogP contribution in [-0.4, -0.2) is 38.1 Å². The molecule has 2 aliphatic heterocycles. The molecule has 2 heterocycles. The summed E-state index contributed by atoms with van der Waals surface area (Å²) in [5.41, 5.74) is 1.43. The van der Waals surface area contributed by atoms with Gasteiger partial charge in [0.1, 0.15) is 11.5 Å². The van der Waals surface area contributed by atoms with Crippen LogP contribution in [0.4, 0.5) is 0 Å². The third kappa shape index (κ3) is 5.31. The van der Waals surface area contributed by atoms with Crippen molar-refractivity contribution < 1.29 is 18.9 Å². The molecule has 4 rings (SSSR count). The van der Waals surface area contributed by atoms with Gasteiger partial charge in [0.05, 0.1) is 37.9 Å². The Kier molecular flexibility index (Phi) is 7.20. The van der Waals surface area contributed by atoms with Crippen LogP contribution in [0.5, 0.6) is 11.5 Å². The van der Waals surface area contributed by atoms with E-state index >= 15 is 0 Å². The van der Waals surface area contributed by atoms with Gasteiger partial charge in [-0.15, -0.1) is 0 Å². The lowest BCUT2D eigenvalue weighted by Gasteiger charge is -2.46. The molecule has 2 aliphatic rings. The minimum Gasteiger partial charge on any atom is -0.493 e. The maximum atomic E-state index is 6.03. The van der Waals surface area contributed by atoms with Gasteiger partial charge in [0.25, 0.3) is 0 Å². The topological polar surface area (TPSA) is 36.9 Å². The van der Waals surface area contributed by atoms with E-state index in [4.69, 9.17) is 18.9 Å². The number of hydrogen-bond acceptors (Lipinski definition) is 4. The van der Waals surface area contributed by atoms with Crippen molar-refractivity contribution in [2.24, 2.45) is 5.41 Å². The van der Waals surface area contributed by atoms with Gasteiger partial charge in [-0.1, -0.05) is 49.7 Å². The zero-order valence-corrected chi connectivity index (χ0v) is 18.1. The number of aryl methyl sites for hydroxylation is 1. The third-order valence-electron chi connectivity index (χ3n) is 6.11. The highest BCUT2D eigenvalue weighted by Gasteiger charge is 2.46. The molecule has 4 nitrogen and oxygen atoms in total. The van der Waals surface area contributed by atoms with Crippen LogP contribution in [0.2, 0.25) is 0 Å². The first kappa shape index (κ1) is 21.7. The fraction of sp³-hybridized carbons (Fsp3) is 0.520. The summed E-state index contributed by atoms with van der Waals surface area (Å²) >= 11 is 0. The van der Waals surface area contributed by atoms with Crippen molar-refractivity contribution in [1.29, 1.82) is 0 Å². The van der Waals surface area contributed by atoms with Crippen molar-refractivity contribution in [3.63, 3.8) is 0 Å². The second-order valence-corrected chi connectivity index (χ2v) is 8.23. The van der Waals surface area contributed by atoms with Crippen LogP contribution in [0.25, 0.3) is 0 Å². The first-order valence-corrected chi connectivity index (χ1v) is 10.6. The molecule has 0 radical (unpaired) electrons. The molecular weight excluding hydrogens is 364 g/mol. The van der Waals surface area contributed by atoms with Gasteiger partial charge in [-0.2, -0.15) is 0 Å². The summed E-state index contributed by atoms with van der Waals surface area (Å²) in [7, 11) is 0. The molecule has 2 aromatic carbocycles. The summed E-state index contributed by atoms with van der Waals surface area (Å²) in [6, 6.07) is 18.2. The summed E-state index contributed by atoms with van der Waals surface area (Å²) in [6.45, 7) is 11.7. The molecule has 158 valence electrons. The van der Waals surface area contributed by atoms with E-state index in [9.17, 15) is 0 Å². The highest BCUT2D eigenvalue weighted by atomic mass is 16.6. The number of para-hydroxylation sites is 1. The van der Waals surface area contributed by atoms with Crippen molar-refractivity contribution in [2.75, 3.05) is 26.4 Å². The van der Waals surface area contributed by atoms with E-state index in [1.165, 1.54) is 5.56 Å². The first-order chi connectivity index (χ1) is 14.0. The fourth-order valence-electron chi connectivity index (χ4n) is 3.38. The molecule has 0 amide bonds. The SMILES string of the molecule is CCC1(COc2ccccc2)COC1.CCC1(Oc2ccc(C)cc2)COC1C. The molecule has 2 atom stereocenters. The van der Waals surface area contributed by atoms with Crippen LogP contribution >= 0.6 is 0 Å². The van der Waals surface area contributed by atoms with Gasteiger partial charge in [-0.05, 0) is 51.0 Å². The monoisotopic (exact) mass is 398 g/mol. The number of benzene rings is 2. The smallest absolute Gasteiger partial charge is 0.157 e. The maximum absolute atomic E-state index is 6.03. The van der Waals surface area contributed by atoms with Gasteiger partial charge >= 0.3 is 0 Å². The molecule has 0 N–H and O–H groups in total. The Morgan fingerprint density at radius 3 is 2.03 bits per heavy atom. The summed E-state index contributed by atoms with van der Waals surface area (Å²) in [4.78, 5) is 0. The summed E-state index contributed by atoms with van der Waals surface area (Å²) in [6.07, 6.45) is 2.31. The van der Waals surface area contributed by atoms with Crippen LogP contribution in [0.3, 0.4) is 0 Å². The van der Waals surface area contributed by atoms with Crippen LogP contribution in [0.1, 0.15) is 39.2 Å². The van der Waals surface area contributed by atoms with Crippen molar-refractivity contribution in [1.82, 2.24) is 0 Å². The van der Waals surface area contributed by atoms with Crippen LogP contribution in [0.15, 0.2) is 54.6 Å². The lowest BCUT2D eigenvalue weighted by Crippen LogP contribution is -2.60. The second-order valence-electron chi connectivity index (χ2n) is 8.23. The minimum absolute atomic E-state index is 0.102. The van der Waals surface area contributed by atoms with E-state index in [0.717, 1.165) is 44.2 Å². The number of rotatable bonds is 7. The Morgan fingerprint density at radius 2 is 1.59 bits per heavy atom. The lowest BCUT2D eigenvalue weighted by atomic mass is 9.84. The van der Waals surface area contributed by atoms with E-state index < -0.39 is 0 Å². The summed E-state index contributed by atoms with van der Waals surface area (Å²) < 4.78 is 22.4. The maximum Gasteiger partial charge on any atom is 0.157 e. The van der Waals surface area contributed by atoms with E-state index in [0.29, 0.717) is 6.61 Å². The molecule has 29 heavy (non-hydrogen) atoms. The average Bonchev–Trinajstić information content (AvgIpc) is 2.73. The van der Waals surface area contributed by atoms with E-state index in [2.05, 4.69) is 39.8 Å². The van der Waals surface area contributed by atoms with Crippen molar-refractivity contribution in [3.05, 3.63) is 60.2 Å². The molecule has 0 saturated carbocycles. The largest absolute Gasteiger partial charge is 0.493 e. The van der Waals surface area contributed by atoms with E-state index in [1.54, 1.807) is 0 Å². The Morgan fingerprint density at radius 1 is 0.897 bits per heavy atom. The molecule has 2 unspecified atom stereocenters. The van der Waals surface area contributed by atoms with Crippen LogP contribution < -0.4 is 9.47 Å². The normalized spacial score (nSPS) is 24.3. The third-order valence-corrected chi connectivity index (χ3v) is 6.11. The van der Waals surface area contributed by atoms with Crippen molar-refractivity contribution in [3.8, 4) is 11.5 Å². The molecule has 0 spiro atoms. The molecule has 0 aromatic heterocycles. The standard InChI is InChI=1S/C13H18O2.C12H16O2/c1-4-13(9-14-11(13)3)15-12-7-5-10(2)6-8-12;1-2-12(8-13-9-12)10-14-11-6-4-3-5-7-11/h5-8,11H,4,9H2,1-3H3;3-7H,2,8-10H2,1H3. The Hall–Kier alpha value is -2.04. The van der Waals surface area contributed by atoms with E-state index in [1.807, 2.05) is 42.5 Å². The zero-order chi connectivity index (χ0) is 20.7. The predicted molar refractivity (Wildman–Crippen MR) is 116 cm³/mol. The predicted octanol–water partition coefficient (Wildman–Crippen LogP) is 5.43. The summed E-state index contributed by atoms with van der Waals surface area (Å²) in [5, 5.41) is 0. The summed E-state index contributed by atoms with van der Waals surface area (Å²) in [5.74, 6) is 1.89. The van der Waals surface area contributed by atoms with Crippen molar-refractivity contribution >= 4 is 0 Å². The Bertz CT molecular complexity index is 730. The molecular formula is C25H34O4. The van der Waals surface area contributed by atoms with Gasteiger partial charge in [-0.3, -0.25) is 0 Å². The molecule has 2 saturated heterocycles. The molecule has 4 heteroatoms. The van der Waals surface area contributed by atoms with Crippen LogP contribution in [-0.2, 0) is 9.47 Å². The Balaban J connectivity index is 0.000000166. The molecule has 0 aliphatic carbocycles. The quantitative estimate of drug-likeness (QED) is 0.623. The Labute approximate surface area is 175 Å². The highest BCUT2D eigenvalue weighted by molar-refractivity contribution is 5.27. The first-order valence-electron chi connectivity index (χ1n) is 10.6. The average molecular weight is 399 g/mol. The van der Waals surface area contributed by atoms with Gasteiger partial charge in [0.15, 0.2) is 5.60 Å². The number of ether oxygens (including phenoxy) is 4. The number of hydrogen-bond donors (Lipinski definition) is 0. The second kappa shape index (κ2) is 9.64. The fourth-order valence-corrected chi connectivity index (χ4v) is 3.38. The van der Waals surface area contributed by atoms with Crippen molar-refractivity contribution in [2.45, 2.75) is 52.2 Å². The van der Waals surface area contributed by atoms with Gasteiger partial charge in [0, 0.05) is 0 Å². The van der Waals surface area contributed by atoms with E-state index in [-0.39, 0.29) is 17.1 Å². The molecule has 2 aromatic rings. The lowest BCUT2D eigenvalue weighted by molar-refractivity contribution is -0.215. The van der Waals surface area contributed by atoms with Gasteiger partial charge < -0.3 is 18.9 Å².